The number of nitrogens with zero attached hydrogens (tertiary/aromatic N) is 3. The Morgan fingerprint density at radius 2 is 1.93 bits per heavy atom. The van der Waals surface area contributed by atoms with Crippen LogP contribution in [-0.4, -0.2) is 36.1 Å². The first-order chi connectivity index (χ1) is 13.2. The van der Waals surface area contributed by atoms with Gasteiger partial charge in [0.2, 0.25) is 11.8 Å². The van der Waals surface area contributed by atoms with Crippen LogP contribution in [0.2, 0.25) is 0 Å². The highest BCUT2D eigenvalue weighted by Gasteiger charge is 2.46. The number of nitrogens with two attached hydrogens (primary N) is 1. The van der Waals surface area contributed by atoms with Crippen LogP contribution in [-0.2, 0) is 4.79 Å². The Hall–Kier alpha value is -1.92. The quantitative estimate of drug-likeness (QED) is 0.676. The molecule has 1 heterocycles. The average Bonchev–Trinajstić information content (AvgIpc) is 2.86. The highest BCUT2D eigenvalue weighted by atomic mass is 19.3. The number of hydrogen-bond donors (Lipinski definition) is 1. The Balaban J connectivity index is 1.74. The standard InChI is InChI=1S/C21H30F2N4O/c1-12-26-17(10-16(25-3)6-7-21(2,22)23)11-18(27-12)19-13-4-5-14(19)9-15(8-13)20(24)28/h10,13-15,19H,4-9,11H2,1-3H3,(H2,24,28)/b17-10+,25-16?. The zero-order valence-corrected chi connectivity index (χ0v) is 16.9. The number of rotatable bonds is 6. The van der Waals surface area contributed by atoms with E-state index in [1.165, 1.54) is 0 Å². The van der Waals surface area contributed by atoms with Crippen LogP contribution in [0, 0.1) is 23.7 Å². The molecule has 3 rings (SSSR count). The summed E-state index contributed by atoms with van der Waals surface area (Å²) >= 11 is 0. The molecule has 2 atom stereocenters. The van der Waals surface area contributed by atoms with Gasteiger partial charge in [-0.05, 0) is 63.9 Å². The van der Waals surface area contributed by atoms with Crippen LogP contribution < -0.4 is 5.73 Å². The molecule has 0 aromatic rings. The summed E-state index contributed by atoms with van der Waals surface area (Å²) in [5.41, 5.74) is 8.14. The Morgan fingerprint density at radius 1 is 1.29 bits per heavy atom. The van der Waals surface area contributed by atoms with Crippen molar-refractivity contribution < 1.29 is 13.6 Å². The normalized spacial score (nSPS) is 32.3. The number of halogens is 2. The third kappa shape index (κ3) is 4.92. The van der Waals surface area contributed by atoms with Crippen molar-refractivity contribution in [3.63, 3.8) is 0 Å². The first kappa shape index (κ1) is 20.8. The molecule has 28 heavy (non-hydrogen) atoms. The van der Waals surface area contributed by atoms with Crippen LogP contribution in [0.3, 0.4) is 0 Å². The number of fused-ring (bicyclic) bond motifs is 2. The minimum absolute atomic E-state index is 0.0164. The number of amides is 1. The molecule has 0 spiro atoms. The lowest BCUT2D eigenvalue weighted by molar-refractivity contribution is -0.123. The predicted molar refractivity (Wildman–Crippen MR) is 108 cm³/mol. The van der Waals surface area contributed by atoms with Gasteiger partial charge in [0, 0.05) is 48.8 Å². The van der Waals surface area contributed by atoms with E-state index < -0.39 is 5.92 Å². The van der Waals surface area contributed by atoms with Crippen LogP contribution in [0.5, 0.6) is 0 Å². The average molecular weight is 392 g/mol. The van der Waals surface area contributed by atoms with Gasteiger partial charge in [0.25, 0.3) is 0 Å². The second-order valence-electron chi connectivity index (χ2n) is 8.55. The lowest BCUT2D eigenvalue weighted by Crippen LogP contribution is -2.38. The summed E-state index contributed by atoms with van der Waals surface area (Å²) in [6.45, 7) is 2.80. The van der Waals surface area contributed by atoms with Gasteiger partial charge in [-0.2, -0.15) is 0 Å². The van der Waals surface area contributed by atoms with Gasteiger partial charge in [-0.15, -0.1) is 0 Å². The van der Waals surface area contributed by atoms with E-state index in [0.29, 0.717) is 35.7 Å². The fraction of sp³-hybridized carbons (Fsp3) is 0.714. The van der Waals surface area contributed by atoms with Gasteiger partial charge in [0.1, 0.15) is 5.84 Å². The van der Waals surface area contributed by atoms with Crippen LogP contribution in [0.4, 0.5) is 8.78 Å². The second-order valence-corrected chi connectivity index (χ2v) is 8.55. The summed E-state index contributed by atoms with van der Waals surface area (Å²) in [5, 5.41) is 0. The molecule has 2 unspecified atom stereocenters. The topological polar surface area (TPSA) is 80.2 Å². The first-order valence-electron chi connectivity index (χ1n) is 10.1. The third-order valence-corrected chi connectivity index (χ3v) is 6.30. The lowest BCUT2D eigenvalue weighted by Gasteiger charge is -2.35. The molecule has 2 saturated carbocycles. The summed E-state index contributed by atoms with van der Waals surface area (Å²) in [7, 11) is 1.62. The van der Waals surface area contributed by atoms with E-state index in [9.17, 15) is 13.6 Å². The Morgan fingerprint density at radius 3 is 2.46 bits per heavy atom. The molecule has 2 N–H and O–H groups in total. The van der Waals surface area contributed by atoms with E-state index in [1.54, 1.807) is 7.05 Å². The maximum atomic E-state index is 13.2. The second kappa shape index (κ2) is 8.21. The first-order valence-corrected chi connectivity index (χ1v) is 10.1. The van der Waals surface area contributed by atoms with Crippen molar-refractivity contribution >= 4 is 23.2 Å². The number of amidine groups is 1. The fourth-order valence-corrected chi connectivity index (χ4v) is 5.07. The summed E-state index contributed by atoms with van der Waals surface area (Å²) < 4.78 is 26.4. The number of primary amides is 1. The van der Waals surface area contributed by atoms with Crippen LogP contribution in [0.15, 0.2) is 26.8 Å². The Kier molecular flexibility index (Phi) is 6.10. The van der Waals surface area contributed by atoms with Gasteiger partial charge in [-0.3, -0.25) is 9.79 Å². The smallest absolute Gasteiger partial charge is 0.245 e. The van der Waals surface area contributed by atoms with Crippen molar-refractivity contribution in [2.24, 2.45) is 44.4 Å². The molecule has 2 bridgehead atoms. The summed E-state index contributed by atoms with van der Waals surface area (Å²) in [5.74, 6) is -0.953. The van der Waals surface area contributed by atoms with Crippen molar-refractivity contribution in [1.29, 1.82) is 0 Å². The molecular weight excluding hydrogens is 362 g/mol. The predicted octanol–water partition coefficient (Wildman–Crippen LogP) is 4.18. The van der Waals surface area contributed by atoms with E-state index >= 15 is 0 Å². The van der Waals surface area contributed by atoms with E-state index in [1.807, 2.05) is 13.0 Å². The van der Waals surface area contributed by atoms with Crippen LogP contribution in [0.1, 0.15) is 58.8 Å². The fourth-order valence-electron chi connectivity index (χ4n) is 5.07. The number of aliphatic imine (C=N–C) groups is 3. The maximum Gasteiger partial charge on any atom is 0.245 e. The molecule has 2 fully saturated rings. The Bertz CT molecular complexity index is 734. The highest BCUT2D eigenvalue weighted by Crippen LogP contribution is 2.50. The molecule has 0 saturated heterocycles. The van der Waals surface area contributed by atoms with Crippen molar-refractivity contribution in [2.75, 3.05) is 7.05 Å². The zero-order chi connectivity index (χ0) is 20.5. The summed E-state index contributed by atoms with van der Waals surface area (Å²) in [4.78, 5) is 25.1. The molecule has 1 aliphatic heterocycles. The Labute approximate surface area is 165 Å². The van der Waals surface area contributed by atoms with Crippen LogP contribution >= 0.6 is 0 Å². The van der Waals surface area contributed by atoms with E-state index in [-0.39, 0.29) is 24.7 Å². The van der Waals surface area contributed by atoms with E-state index in [4.69, 9.17) is 10.7 Å². The number of allylic oxidation sites excluding steroid dienone is 2. The molecule has 1 amide bonds. The number of carbonyl (C=O) groups is 1. The molecule has 5 nitrogen and oxygen atoms in total. The molecular formula is C21H30F2N4O. The van der Waals surface area contributed by atoms with E-state index in [0.717, 1.165) is 44.0 Å². The minimum atomic E-state index is -2.70. The lowest BCUT2D eigenvalue weighted by atomic mass is 9.70. The van der Waals surface area contributed by atoms with Gasteiger partial charge < -0.3 is 5.73 Å². The van der Waals surface area contributed by atoms with Gasteiger partial charge in [0.15, 0.2) is 0 Å². The van der Waals surface area contributed by atoms with Gasteiger partial charge in [-0.1, -0.05) is 0 Å². The maximum absolute atomic E-state index is 13.2. The number of alkyl halides is 2. The van der Waals surface area contributed by atoms with Crippen molar-refractivity contribution in [3.8, 4) is 0 Å². The van der Waals surface area contributed by atoms with Gasteiger partial charge in [0.05, 0.1) is 0 Å². The van der Waals surface area contributed by atoms with Crippen molar-refractivity contribution in [1.82, 2.24) is 0 Å². The van der Waals surface area contributed by atoms with Crippen molar-refractivity contribution in [2.45, 2.75) is 64.7 Å². The third-order valence-electron chi connectivity index (χ3n) is 6.30. The number of carbonyl (C=O) groups excluding carboxylic acids is 1. The zero-order valence-electron chi connectivity index (χ0n) is 16.9. The molecule has 0 aromatic carbocycles. The van der Waals surface area contributed by atoms with E-state index in [2.05, 4.69) is 9.98 Å². The molecule has 7 heteroatoms. The monoisotopic (exact) mass is 392 g/mol. The minimum Gasteiger partial charge on any atom is -0.369 e. The molecule has 0 aromatic heterocycles. The van der Waals surface area contributed by atoms with Crippen LogP contribution in [0.25, 0.3) is 0 Å². The summed E-state index contributed by atoms with van der Waals surface area (Å²) in [6, 6.07) is 0. The molecule has 0 radical (unpaired) electrons. The highest BCUT2D eigenvalue weighted by molar-refractivity contribution is 6.04. The molecule has 2 aliphatic carbocycles. The summed E-state index contributed by atoms with van der Waals surface area (Å²) in [6.07, 6.45) is 6.36. The van der Waals surface area contributed by atoms with Gasteiger partial charge >= 0.3 is 0 Å². The largest absolute Gasteiger partial charge is 0.369 e. The van der Waals surface area contributed by atoms with Crippen molar-refractivity contribution in [3.05, 3.63) is 11.8 Å². The number of hydrogen-bond acceptors (Lipinski definition) is 4. The SMILES string of the molecule is CN=C(/C=C1\CC(C2C3CCC2CC(C(N)=O)C3)=NC(C)=N1)CCC(C)(F)F. The molecule has 154 valence electrons. The van der Waals surface area contributed by atoms with Gasteiger partial charge in [-0.25, -0.2) is 18.8 Å². The molecule has 3 aliphatic rings.